The van der Waals surface area contributed by atoms with Crippen LogP contribution in [0, 0.1) is 0 Å². The molecule has 0 radical (unpaired) electrons. The number of aromatic amines is 1. The molecule has 0 fully saturated rings. The van der Waals surface area contributed by atoms with Gasteiger partial charge in [0.1, 0.15) is 5.82 Å². The second-order valence-electron chi connectivity index (χ2n) is 2.18. The summed E-state index contributed by atoms with van der Waals surface area (Å²) < 4.78 is 0. The Bertz CT molecular complexity index is 262. The molecule has 1 aliphatic rings. The molecule has 2 heterocycles. The van der Waals surface area contributed by atoms with Crippen molar-refractivity contribution in [1.29, 1.82) is 0 Å². The number of aliphatic imine (C=N–C) groups is 1. The fourth-order valence-corrected chi connectivity index (χ4v) is 0.960. The van der Waals surface area contributed by atoms with E-state index < -0.39 is 0 Å². The fraction of sp³-hybridized carbons (Fsp3) is 0.167. The van der Waals surface area contributed by atoms with Crippen LogP contribution in [0.15, 0.2) is 17.3 Å². The fourth-order valence-electron chi connectivity index (χ4n) is 0.960. The van der Waals surface area contributed by atoms with Gasteiger partial charge in [0.15, 0.2) is 6.29 Å². The summed E-state index contributed by atoms with van der Waals surface area (Å²) in [4.78, 5) is 6.97. The van der Waals surface area contributed by atoms with Gasteiger partial charge in [0, 0.05) is 18.0 Å². The van der Waals surface area contributed by atoms with Crippen molar-refractivity contribution in [1.82, 2.24) is 4.98 Å². The van der Waals surface area contributed by atoms with Crippen molar-refractivity contribution in [3.8, 4) is 0 Å². The summed E-state index contributed by atoms with van der Waals surface area (Å²) in [5.41, 5.74) is 6.54. The Morgan fingerprint density at radius 1 is 1.60 bits per heavy atom. The van der Waals surface area contributed by atoms with Gasteiger partial charge in [-0.25, -0.2) is 0 Å². The van der Waals surface area contributed by atoms with Gasteiger partial charge in [-0.3, -0.25) is 10.7 Å². The average molecular weight is 136 g/mol. The molecule has 0 spiro atoms. The summed E-state index contributed by atoms with van der Waals surface area (Å²) >= 11 is 0. The van der Waals surface area contributed by atoms with Crippen LogP contribution in [0.2, 0.25) is 0 Å². The van der Waals surface area contributed by atoms with E-state index in [1.165, 1.54) is 0 Å². The molecule has 0 bridgehead atoms. The monoisotopic (exact) mass is 136 g/mol. The first-order valence-corrected chi connectivity index (χ1v) is 3.09. The average Bonchev–Trinajstić information content (AvgIpc) is 2.33. The number of H-pyrrole nitrogens is 1. The zero-order valence-corrected chi connectivity index (χ0v) is 5.33. The molecular formula is C6H8N4. The Labute approximate surface area is 58.1 Å². The van der Waals surface area contributed by atoms with E-state index in [0.717, 1.165) is 11.4 Å². The van der Waals surface area contributed by atoms with Gasteiger partial charge in [-0.2, -0.15) is 0 Å². The molecule has 0 saturated heterocycles. The maximum absolute atomic E-state index is 5.48. The van der Waals surface area contributed by atoms with Gasteiger partial charge in [0.2, 0.25) is 0 Å². The van der Waals surface area contributed by atoms with Gasteiger partial charge in [0.05, 0.1) is 0 Å². The topological polar surface area (TPSA) is 66.2 Å². The second kappa shape index (κ2) is 1.85. The van der Waals surface area contributed by atoms with Crippen LogP contribution >= 0.6 is 0 Å². The number of nitrogens with two attached hydrogens (primary N) is 1. The molecule has 1 unspecified atom stereocenters. The van der Waals surface area contributed by atoms with E-state index in [1.807, 2.05) is 12.3 Å². The summed E-state index contributed by atoms with van der Waals surface area (Å²) in [6.45, 7) is 0. The van der Waals surface area contributed by atoms with Crippen molar-refractivity contribution in [2.45, 2.75) is 6.29 Å². The minimum atomic E-state index is -0.300. The lowest BCUT2D eigenvalue weighted by Crippen LogP contribution is -2.30. The number of hydrogen-bond acceptors (Lipinski definition) is 3. The Hall–Kier alpha value is -1.29. The number of hydrogen-bond donors (Lipinski definition) is 3. The molecule has 1 aromatic rings. The highest BCUT2D eigenvalue weighted by Crippen LogP contribution is 2.13. The molecule has 4 N–H and O–H groups in total. The Balaban J connectivity index is 2.43. The molecule has 10 heavy (non-hydrogen) atoms. The summed E-state index contributed by atoms with van der Waals surface area (Å²) in [7, 11) is 0. The number of nitrogens with zero attached hydrogens (tertiary/aromatic N) is 1. The maximum atomic E-state index is 5.48. The second-order valence-corrected chi connectivity index (χ2v) is 2.18. The van der Waals surface area contributed by atoms with Crippen LogP contribution in [-0.2, 0) is 0 Å². The molecule has 52 valence electrons. The van der Waals surface area contributed by atoms with Gasteiger partial charge in [-0.15, -0.1) is 0 Å². The molecule has 0 amide bonds. The highest BCUT2D eigenvalue weighted by atomic mass is 15.2. The Morgan fingerprint density at radius 2 is 2.50 bits per heavy atom. The van der Waals surface area contributed by atoms with Crippen molar-refractivity contribution in [2.24, 2.45) is 10.7 Å². The van der Waals surface area contributed by atoms with E-state index >= 15 is 0 Å². The predicted molar refractivity (Wildman–Crippen MR) is 40.0 cm³/mol. The molecule has 0 saturated carbocycles. The van der Waals surface area contributed by atoms with Crippen molar-refractivity contribution in [2.75, 3.05) is 5.32 Å². The first kappa shape index (κ1) is 5.49. The van der Waals surface area contributed by atoms with Gasteiger partial charge < -0.3 is 10.3 Å². The van der Waals surface area contributed by atoms with Crippen LogP contribution < -0.4 is 11.1 Å². The van der Waals surface area contributed by atoms with Crippen LogP contribution in [-0.4, -0.2) is 17.5 Å². The number of nitrogens with one attached hydrogen (secondary N) is 2. The molecule has 1 aliphatic heterocycles. The molecule has 1 atom stereocenters. The first-order valence-electron chi connectivity index (χ1n) is 3.09. The van der Waals surface area contributed by atoms with Gasteiger partial charge in [0.25, 0.3) is 0 Å². The highest BCUT2D eigenvalue weighted by molar-refractivity contribution is 5.88. The Morgan fingerprint density at radius 3 is 3.40 bits per heavy atom. The van der Waals surface area contributed by atoms with Crippen LogP contribution in [0.4, 0.5) is 5.82 Å². The number of aromatic nitrogens is 1. The largest absolute Gasteiger partial charge is 0.348 e. The van der Waals surface area contributed by atoms with E-state index in [0.29, 0.717) is 0 Å². The van der Waals surface area contributed by atoms with Crippen molar-refractivity contribution in [3.63, 3.8) is 0 Å². The van der Waals surface area contributed by atoms with E-state index in [1.54, 1.807) is 6.21 Å². The number of anilines is 1. The van der Waals surface area contributed by atoms with Crippen molar-refractivity contribution < 1.29 is 0 Å². The number of fused-ring (bicyclic) bond motifs is 1. The number of rotatable bonds is 0. The van der Waals surface area contributed by atoms with E-state index in [2.05, 4.69) is 15.3 Å². The van der Waals surface area contributed by atoms with Crippen LogP contribution in [0.1, 0.15) is 5.56 Å². The molecule has 2 rings (SSSR count). The molecule has 4 heteroatoms. The zero-order valence-electron chi connectivity index (χ0n) is 5.33. The summed E-state index contributed by atoms with van der Waals surface area (Å²) in [6.07, 6.45) is 3.31. The van der Waals surface area contributed by atoms with Crippen LogP contribution in [0.3, 0.4) is 0 Å². The first-order chi connectivity index (χ1) is 4.86. The summed E-state index contributed by atoms with van der Waals surface area (Å²) in [5.74, 6) is 0.947. The van der Waals surface area contributed by atoms with E-state index in [9.17, 15) is 0 Å². The van der Waals surface area contributed by atoms with Gasteiger partial charge in [-0.1, -0.05) is 0 Å². The lowest BCUT2D eigenvalue weighted by molar-refractivity contribution is 0.801. The summed E-state index contributed by atoms with van der Waals surface area (Å²) in [5, 5.41) is 2.96. The minimum Gasteiger partial charge on any atom is -0.348 e. The van der Waals surface area contributed by atoms with Crippen LogP contribution in [0.5, 0.6) is 0 Å². The van der Waals surface area contributed by atoms with Gasteiger partial charge in [-0.05, 0) is 6.07 Å². The maximum Gasteiger partial charge on any atom is 0.172 e. The minimum absolute atomic E-state index is 0.300. The molecule has 4 nitrogen and oxygen atoms in total. The van der Waals surface area contributed by atoms with Crippen molar-refractivity contribution in [3.05, 3.63) is 17.8 Å². The third-order valence-corrected chi connectivity index (χ3v) is 1.45. The molecule has 1 aromatic heterocycles. The SMILES string of the molecule is NC1N=Cc2cc[nH]c2N1. The lowest BCUT2D eigenvalue weighted by Gasteiger charge is -2.13. The highest BCUT2D eigenvalue weighted by Gasteiger charge is 2.08. The van der Waals surface area contributed by atoms with E-state index in [4.69, 9.17) is 5.73 Å². The summed E-state index contributed by atoms with van der Waals surface area (Å²) in [6, 6.07) is 1.94. The third kappa shape index (κ3) is 0.698. The standard InChI is InChI=1S/C6H8N4/c7-6-9-3-4-1-2-8-5(4)10-6/h1-3,6,8,10H,7H2. The van der Waals surface area contributed by atoms with Crippen molar-refractivity contribution >= 4 is 12.0 Å². The van der Waals surface area contributed by atoms with Crippen LogP contribution in [0.25, 0.3) is 0 Å². The smallest absolute Gasteiger partial charge is 0.172 e. The molecule has 0 aromatic carbocycles. The normalized spacial score (nSPS) is 21.9. The quantitative estimate of drug-likeness (QED) is 0.473. The predicted octanol–water partition coefficient (Wildman–Crippen LogP) is 0.101. The lowest BCUT2D eigenvalue weighted by atomic mass is 10.3. The van der Waals surface area contributed by atoms with Gasteiger partial charge >= 0.3 is 0 Å². The zero-order chi connectivity index (χ0) is 6.97. The molecule has 0 aliphatic carbocycles. The van der Waals surface area contributed by atoms with E-state index in [-0.39, 0.29) is 6.29 Å². The third-order valence-electron chi connectivity index (χ3n) is 1.45. The Kier molecular flexibility index (Phi) is 1.01. The molecular weight excluding hydrogens is 128 g/mol.